The fraction of sp³-hybridized carbons (Fsp3) is 0.0690. The van der Waals surface area contributed by atoms with Crippen LogP contribution in [-0.4, -0.2) is 0 Å². The molecule has 0 saturated heterocycles. The lowest BCUT2D eigenvalue weighted by Crippen LogP contribution is -2.26. The van der Waals surface area contributed by atoms with E-state index < -0.39 is 5.41 Å². The Morgan fingerprint density at radius 1 is 0.383 bits per heavy atom. The minimum absolute atomic E-state index is 0.134. The van der Waals surface area contributed by atoms with Crippen LogP contribution in [-0.2, 0) is 10.8 Å². The molecule has 0 radical (unpaired) electrons. The van der Waals surface area contributed by atoms with E-state index in [1.165, 1.54) is 98.1 Å². The van der Waals surface area contributed by atoms with Gasteiger partial charge in [-0.3, -0.25) is 0 Å². The number of nitrogens with zero attached hydrogens (tertiary/aromatic N) is 1. The molecule has 3 aliphatic carbocycles. The van der Waals surface area contributed by atoms with E-state index in [0.29, 0.717) is 0 Å². The topological polar surface area (TPSA) is 3.24 Å². The summed E-state index contributed by atoms with van der Waals surface area (Å²) in [4.78, 5) is 2.52. The molecule has 2 heteroatoms. The van der Waals surface area contributed by atoms with Crippen LogP contribution in [0.3, 0.4) is 0 Å². The summed E-state index contributed by atoms with van der Waals surface area (Å²) in [5, 5.41) is 2.67. The van der Waals surface area contributed by atoms with Gasteiger partial charge in [-0.1, -0.05) is 178 Å². The third kappa shape index (κ3) is 4.36. The quantitative estimate of drug-likeness (QED) is 0.172. The number of anilines is 3. The Morgan fingerprint density at radius 3 is 1.70 bits per heavy atom. The van der Waals surface area contributed by atoms with Crippen molar-refractivity contribution < 1.29 is 0 Å². The lowest BCUT2D eigenvalue weighted by molar-refractivity contribution is 0.660. The molecule has 1 heterocycles. The average Bonchev–Trinajstić information content (AvgIpc) is 3.99. The first-order valence-electron chi connectivity index (χ1n) is 21.0. The molecule has 9 aromatic carbocycles. The first kappa shape index (κ1) is 33.9. The van der Waals surface area contributed by atoms with Crippen LogP contribution >= 0.6 is 11.3 Å². The Bertz CT molecular complexity index is 3420. The Kier molecular flexibility index (Phi) is 6.94. The highest BCUT2D eigenvalue weighted by Gasteiger charge is 2.52. The van der Waals surface area contributed by atoms with Crippen LogP contribution in [0.15, 0.2) is 200 Å². The zero-order valence-corrected chi connectivity index (χ0v) is 34.2. The third-order valence-electron chi connectivity index (χ3n) is 13.9. The Morgan fingerprint density at radius 2 is 0.933 bits per heavy atom. The van der Waals surface area contributed by atoms with E-state index >= 15 is 0 Å². The number of rotatable bonds is 4. The molecule has 1 spiro atoms. The van der Waals surface area contributed by atoms with Crippen molar-refractivity contribution in [1.29, 1.82) is 0 Å². The van der Waals surface area contributed by atoms with Gasteiger partial charge in [0, 0.05) is 48.1 Å². The van der Waals surface area contributed by atoms with Crippen molar-refractivity contribution in [3.8, 4) is 44.5 Å². The summed E-state index contributed by atoms with van der Waals surface area (Å²) in [6.07, 6.45) is 0. The largest absolute Gasteiger partial charge is 0.310 e. The van der Waals surface area contributed by atoms with Crippen molar-refractivity contribution in [3.63, 3.8) is 0 Å². The van der Waals surface area contributed by atoms with Crippen LogP contribution in [0.1, 0.15) is 47.2 Å². The Balaban J connectivity index is 1.10. The van der Waals surface area contributed by atoms with E-state index in [2.05, 4.69) is 219 Å². The number of para-hydroxylation sites is 1. The summed E-state index contributed by atoms with van der Waals surface area (Å²) in [6.45, 7) is 4.76. The van der Waals surface area contributed by atoms with Crippen LogP contribution in [0, 0.1) is 0 Å². The zero-order valence-electron chi connectivity index (χ0n) is 33.4. The minimum Gasteiger partial charge on any atom is -0.310 e. The molecule has 0 amide bonds. The van der Waals surface area contributed by atoms with E-state index in [4.69, 9.17) is 0 Å². The van der Waals surface area contributed by atoms with Crippen molar-refractivity contribution in [2.75, 3.05) is 4.90 Å². The number of hydrogen-bond acceptors (Lipinski definition) is 2. The van der Waals surface area contributed by atoms with Gasteiger partial charge in [-0.05, 0) is 103 Å². The standard InChI is InChI=1S/C58H39NS/c1-57(2)47-23-11-6-19-40(47)42-30-28-37(34-51(42)57)59(53-26-14-9-18-39(53)36-16-4-3-5-17-36)38-29-31-43-41-20-7-12-24-48(41)58(52(43)35-38)49-25-13-8-22-46(49)55-50(58)33-32-45-44-21-10-15-27-54(44)60-56(45)55/h3-35H,1-2H3. The van der Waals surface area contributed by atoms with Gasteiger partial charge in [-0.25, -0.2) is 0 Å². The monoisotopic (exact) mass is 781 g/mol. The highest BCUT2D eigenvalue weighted by molar-refractivity contribution is 7.26. The van der Waals surface area contributed by atoms with Crippen LogP contribution in [0.5, 0.6) is 0 Å². The number of hydrogen-bond donors (Lipinski definition) is 0. The summed E-state index contributed by atoms with van der Waals surface area (Å²) in [7, 11) is 0. The van der Waals surface area contributed by atoms with Gasteiger partial charge in [-0.15, -0.1) is 11.3 Å². The molecule has 1 nitrogen and oxygen atoms in total. The average molecular weight is 782 g/mol. The summed E-state index contributed by atoms with van der Waals surface area (Å²) in [6, 6.07) is 75.3. The van der Waals surface area contributed by atoms with Crippen molar-refractivity contribution in [1.82, 2.24) is 0 Å². The molecule has 0 bridgehead atoms. The molecular formula is C58H39NS. The van der Waals surface area contributed by atoms with Crippen molar-refractivity contribution >= 4 is 48.6 Å². The molecule has 1 unspecified atom stereocenters. The summed E-state index contributed by atoms with van der Waals surface area (Å²) < 4.78 is 2.71. The Hall–Kier alpha value is -7.00. The van der Waals surface area contributed by atoms with Gasteiger partial charge >= 0.3 is 0 Å². The van der Waals surface area contributed by atoms with Gasteiger partial charge < -0.3 is 4.90 Å². The molecule has 0 N–H and O–H groups in total. The maximum atomic E-state index is 2.53. The first-order valence-corrected chi connectivity index (χ1v) is 21.8. The van der Waals surface area contributed by atoms with E-state index in [1.54, 1.807) is 0 Å². The Labute approximate surface area is 354 Å². The van der Waals surface area contributed by atoms with Crippen molar-refractivity contribution in [2.45, 2.75) is 24.7 Å². The SMILES string of the molecule is CC1(C)c2ccccc2-c2ccc(N(c3ccc4c(c3)C3(c5ccccc5-4)c4ccccc4-c4c3ccc3c4sc4ccccc43)c3ccccc3-c3ccccc3)cc21. The van der Waals surface area contributed by atoms with Gasteiger partial charge in [0.05, 0.1) is 11.1 Å². The fourth-order valence-corrected chi connectivity index (χ4v) is 12.6. The second-order valence-electron chi connectivity index (χ2n) is 17.2. The maximum Gasteiger partial charge on any atom is 0.0726 e. The summed E-state index contributed by atoms with van der Waals surface area (Å²) in [5.41, 5.74) is 21.4. The van der Waals surface area contributed by atoms with Crippen LogP contribution < -0.4 is 4.90 Å². The van der Waals surface area contributed by atoms with Crippen molar-refractivity contribution in [2.24, 2.45) is 0 Å². The predicted octanol–water partition coefficient (Wildman–Crippen LogP) is 15.8. The molecule has 10 aromatic rings. The maximum absolute atomic E-state index is 2.53. The van der Waals surface area contributed by atoms with Crippen LogP contribution in [0.2, 0.25) is 0 Å². The van der Waals surface area contributed by atoms with Crippen LogP contribution in [0.25, 0.3) is 64.7 Å². The zero-order chi connectivity index (χ0) is 39.7. The lowest BCUT2D eigenvalue weighted by atomic mass is 9.70. The lowest BCUT2D eigenvalue weighted by Gasteiger charge is -2.33. The minimum atomic E-state index is -0.482. The summed E-state index contributed by atoms with van der Waals surface area (Å²) in [5.74, 6) is 0. The van der Waals surface area contributed by atoms with Crippen LogP contribution in [0.4, 0.5) is 17.1 Å². The smallest absolute Gasteiger partial charge is 0.0726 e. The molecule has 1 atom stereocenters. The second-order valence-corrected chi connectivity index (χ2v) is 18.2. The molecule has 3 aliphatic rings. The predicted molar refractivity (Wildman–Crippen MR) is 253 cm³/mol. The van der Waals surface area contributed by atoms with Gasteiger partial charge in [0.2, 0.25) is 0 Å². The van der Waals surface area contributed by atoms with E-state index in [9.17, 15) is 0 Å². The highest BCUT2D eigenvalue weighted by Crippen LogP contribution is 2.65. The normalized spacial score (nSPS) is 16.0. The molecule has 0 saturated carbocycles. The molecule has 1 aromatic heterocycles. The van der Waals surface area contributed by atoms with Crippen molar-refractivity contribution in [3.05, 3.63) is 234 Å². The number of thiophene rings is 1. The molecule has 60 heavy (non-hydrogen) atoms. The van der Waals surface area contributed by atoms with E-state index in [1.807, 2.05) is 11.3 Å². The van der Waals surface area contributed by atoms with E-state index in [0.717, 1.165) is 17.1 Å². The molecular weight excluding hydrogens is 743 g/mol. The van der Waals surface area contributed by atoms with Gasteiger partial charge in [0.15, 0.2) is 0 Å². The van der Waals surface area contributed by atoms with Gasteiger partial charge in [-0.2, -0.15) is 0 Å². The number of benzene rings is 9. The first-order chi connectivity index (χ1) is 29.5. The number of fused-ring (bicyclic) bond motifs is 17. The molecule has 0 fully saturated rings. The van der Waals surface area contributed by atoms with E-state index in [-0.39, 0.29) is 5.41 Å². The molecule has 13 rings (SSSR count). The fourth-order valence-electron chi connectivity index (χ4n) is 11.3. The highest BCUT2D eigenvalue weighted by atomic mass is 32.1. The molecule has 0 aliphatic heterocycles. The van der Waals surface area contributed by atoms with Gasteiger partial charge in [0.1, 0.15) is 0 Å². The second kappa shape index (κ2) is 12.3. The summed E-state index contributed by atoms with van der Waals surface area (Å²) >= 11 is 1.93. The van der Waals surface area contributed by atoms with Gasteiger partial charge in [0.25, 0.3) is 0 Å². The third-order valence-corrected chi connectivity index (χ3v) is 15.1. The molecule has 282 valence electrons.